The van der Waals surface area contributed by atoms with E-state index in [2.05, 4.69) is 34.8 Å². The smallest absolute Gasteiger partial charge is 0.253 e. The Morgan fingerprint density at radius 2 is 2.04 bits per heavy atom. The third-order valence-electron chi connectivity index (χ3n) is 4.38. The van der Waals surface area contributed by atoms with Crippen molar-refractivity contribution in [1.29, 1.82) is 0 Å². The van der Waals surface area contributed by atoms with Crippen molar-refractivity contribution in [3.8, 4) is 11.4 Å². The summed E-state index contributed by atoms with van der Waals surface area (Å²) in [7, 11) is 0. The minimum Gasteiger partial charge on any atom is -0.297 e. The van der Waals surface area contributed by atoms with Gasteiger partial charge in [-0.05, 0) is 32.0 Å². The molecule has 0 fully saturated rings. The van der Waals surface area contributed by atoms with Crippen LogP contribution in [-0.2, 0) is 0 Å². The van der Waals surface area contributed by atoms with Crippen LogP contribution < -0.4 is 0 Å². The van der Waals surface area contributed by atoms with Gasteiger partial charge in [-0.15, -0.1) is 15.3 Å². The molecule has 10 heteroatoms. The number of aryl methyl sites for hydroxylation is 2. The van der Waals surface area contributed by atoms with E-state index in [1.807, 2.05) is 32.0 Å². The average molecular weight is 397 g/mol. The van der Waals surface area contributed by atoms with Crippen molar-refractivity contribution in [3.63, 3.8) is 0 Å². The average Bonchev–Trinajstić information content (AvgIpc) is 3.35. The molecule has 1 aliphatic rings. The molecule has 0 N–H and O–H groups in total. The first kappa shape index (κ1) is 16.7. The van der Waals surface area contributed by atoms with E-state index in [9.17, 15) is 0 Å². The molecule has 1 atom stereocenters. The fraction of sp³-hybridized carbons (Fsp3) is 0.294. The van der Waals surface area contributed by atoms with E-state index < -0.39 is 0 Å². The Kier molecular flexibility index (Phi) is 4.09. The first-order valence-corrected chi connectivity index (χ1v) is 10.5. The van der Waals surface area contributed by atoms with E-state index in [-0.39, 0.29) is 6.04 Å². The van der Waals surface area contributed by atoms with Crippen molar-refractivity contribution in [3.05, 3.63) is 42.0 Å². The van der Waals surface area contributed by atoms with Crippen molar-refractivity contribution in [1.82, 2.24) is 39.3 Å². The van der Waals surface area contributed by atoms with Gasteiger partial charge < -0.3 is 0 Å². The van der Waals surface area contributed by atoms with E-state index in [1.165, 1.54) is 0 Å². The summed E-state index contributed by atoms with van der Waals surface area (Å²) in [6.45, 7) is 3.99. The van der Waals surface area contributed by atoms with E-state index in [4.69, 9.17) is 0 Å². The van der Waals surface area contributed by atoms with Gasteiger partial charge in [0.15, 0.2) is 11.0 Å². The lowest BCUT2D eigenvalue weighted by molar-refractivity contribution is 0.596. The largest absolute Gasteiger partial charge is 0.297 e. The predicted molar refractivity (Wildman–Crippen MR) is 104 cm³/mol. The number of hydrogen-bond acceptors (Lipinski definition) is 8. The molecular weight excluding hydrogens is 380 g/mol. The van der Waals surface area contributed by atoms with Crippen LogP contribution in [0, 0.1) is 13.8 Å². The maximum atomic E-state index is 4.59. The summed E-state index contributed by atoms with van der Waals surface area (Å²) in [6, 6.07) is 6.22. The van der Waals surface area contributed by atoms with Gasteiger partial charge in [0.1, 0.15) is 0 Å². The quantitative estimate of drug-likeness (QED) is 0.487. The number of pyridine rings is 1. The number of nitrogens with zero attached hydrogens (tertiary/aromatic N) is 8. The van der Waals surface area contributed by atoms with Gasteiger partial charge in [-0.1, -0.05) is 23.5 Å². The summed E-state index contributed by atoms with van der Waals surface area (Å²) in [5.41, 5.74) is 3.02. The highest BCUT2D eigenvalue weighted by Gasteiger charge is 2.29. The summed E-state index contributed by atoms with van der Waals surface area (Å²) in [4.78, 5) is 13.1. The van der Waals surface area contributed by atoms with Gasteiger partial charge in [-0.25, -0.2) is 9.50 Å². The highest BCUT2D eigenvalue weighted by molar-refractivity contribution is 8.00. The van der Waals surface area contributed by atoms with Gasteiger partial charge in [0.2, 0.25) is 5.16 Å². The van der Waals surface area contributed by atoms with Crippen molar-refractivity contribution in [2.24, 2.45) is 0 Å². The topological polar surface area (TPSA) is 86.7 Å². The van der Waals surface area contributed by atoms with Crippen LogP contribution in [0.3, 0.4) is 0 Å². The predicted octanol–water partition coefficient (Wildman–Crippen LogP) is 2.83. The number of thioether (sulfide) groups is 2. The molecule has 1 aliphatic heterocycles. The zero-order valence-corrected chi connectivity index (χ0v) is 16.4. The summed E-state index contributed by atoms with van der Waals surface area (Å²) >= 11 is 3.38. The summed E-state index contributed by atoms with van der Waals surface area (Å²) in [5, 5.41) is 15.0. The minimum atomic E-state index is 0.288. The Morgan fingerprint density at radius 1 is 1.19 bits per heavy atom. The molecule has 27 heavy (non-hydrogen) atoms. The Hall–Kier alpha value is -2.46. The van der Waals surface area contributed by atoms with Crippen molar-refractivity contribution in [2.75, 3.05) is 11.5 Å². The highest BCUT2D eigenvalue weighted by atomic mass is 32.2. The van der Waals surface area contributed by atoms with E-state index >= 15 is 0 Å². The number of fused-ring (bicyclic) bond motifs is 2. The third kappa shape index (κ3) is 2.98. The fourth-order valence-electron chi connectivity index (χ4n) is 3.15. The van der Waals surface area contributed by atoms with Crippen LogP contribution in [0.2, 0.25) is 0 Å². The van der Waals surface area contributed by atoms with Gasteiger partial charge >= 0.3 is 0 Å². The molecule has 0 radical (unpaired) electrons. The first-order chi connectivity index (χ1) is 13.2. The Labute approximate surface area is 163 Å². The van der Waals surface area contributed by atoms with Crippen LogP contribution in [0.5, 0.6) is 0 Å². The maximum absolute atomic E-state index is 4.59. The summed E-state index contributed by atoms with van der Waals surface area (Å²) < 4.78 is 4.02. The number of rotatable bonds is 4. The maximum Gasteiger partial charge on any atom is 0.253 e. The van der Waals surface area contributed by atoms with Gasteiger partial charge in [0.05, 0.1) is 6.04 Å². The fourth-order valence-corrected chi connectivity index (χ4v) is 5.27. The molecule has 5 rings (SSSR count). The second-order valence-corrected chi connectivity index (χ2v) is 8.31. The van der Waals surface area contributed by atoms with Gasteiger partial charge in [-0.2, -0.15) is 4.98 Å². The Morgan fingerprint density at radius 3 is 2.89 bits per heavy atom. The molecule has 0 unspecified atom stereocenters. The lowest BCUT2D eigenvalue weighted by atomic mass is 10.2. The second kappa shape index (κ2) is 6.61. The molecule has 0 spiro atoms. The highest BCUT2D eigenvalue weighted by Crippen LogP contribution is 2.38. The third-order valence-corrected chi connectivity index (χ3v) is 6.45. The van der Waals surface area contributed by atoms with Crippen LogP contribution >= 0.6 is 23.5 Å². The van der Waals surface area contributed by atoms with Crippen LogP contribution in [0.4, 0.5) is 0 Å². The SMILES string of the molecule is Cc1cc(C)n2nc(SC[C@@H]3CSc4nnc(-c5ccncc5)n43)nc2n1. The molecule has 4 aromatic rings. The van der Waals surface area contributed by atoms with Crippen LogP contribution in [0.15, 0.2) is 40.9 Å². The second-order valence-electron chi connectivity index (χ2n) is 6.33. The zero-order chi connectivity index (χ0) is 18.4. The molecular formula is C17H16N8S2. The zero-order valence-electron chi connectivity index (χ0n) is 14.8. The lowest BCUT2D eigenvalue weighted by Crippen LogP contribution is -2.11. The van der Waals surface area contributed by atoms with Crippen LogP contribution in [0.1, 0.15) is 17.4 Å². The monoisotopic (exact) mass is 396 g/mol. The first-order valence-electron chi connectivity index (χ1n) is 8.51. The molecule has 0 aliphatic carbocycles. The van der Waals surface area contributed by atoms with E-state index in [0.717, 1.165) is 44.6 Å². The molecule has 0 amide bonds. The van der Waals surface area contributed by atoms with Gasteiger partial charge in [-0.3, -0.25) is 9.55 Å². The molecule has 0 saturated heterocycles. The lowest BCUT2D eigenvalue weighted by Gasteiger charge is -2.13. The van der Waals surface area contributed by atoms with Crippen LogP contribution in [0.25, 0.3) is 17.2 Å². The molecule has 4 aromatic heterocycles. The molecule has 0 bridgehead atoms. The van der Waals surface area contributed by atoms with E-state index in [0.29, 0.717) is 5.78 Å². The summed E-state index contributed by atoms with van der Waals surface area (Å²) in [5.74, 6) is 3.36. The van der Waals surface area contributed by atoms with Gasteiger partial charge in [0.25, 0.3) is 5.78 Å². The molecule has 0 saturated carbocycles. The molecule has 0 aromatic carbocycles. The molecule has 8 nitrogen and oxygen atoms in total. The van der Waals surface area contributed by atoms with Crippen molar-refractivity contribution < 1.29 is 0 Å². The van der Waals surface area contributed by atoms with Crippen LogP contribution in [-0.4, -0.2) is 50.8 Å². The molecule has 5 heterocycles. The van der Waals surface area contributed by atoms with Crippen molar-refractivity contribution >= 4 is 29.3 Å². The number of hydrogen-bond donors (Lipinski definition) is 0. The Balaban J connectivity index is 1.40. The van der Waals surface area contributed by atoms with E-state index in [1.54, 1.807) is 40.4 Å². The number of aromatic nitrogens is 8. The molecule has 136 valence electrons. The standard InChI is InChI=1S/C17H16N8S2/c1-10-7-11(2)25-15(19-10)20-16(23-25)26-8-13-9-27-17-22-21-14(24(13)17)12-3-5-18-6-4-12/h3-7,13H,8-9H2,1-2H3/t13-/m1/s1. The minimum absolute atomic E-state index is 0.288. The van der Waals surface area contributed by atoms with Crippen molar-refractivity contribution in [2.45, 2.75) is 30.2 Å². The summed E-state index contributed by atoms with van der Waals surface area (Å²) in [6.07, 6.45) is 3.56. The Bertz CT molecular complexity index is 1120. The normalized spacial score (nSPS) is 16.1. The van der Waals surface area contributed by atoms with Gasteiger partial charge in [0, 0.05) is 40.9 Å².